The molecule has 0 spiro atoms. The molecule has 0 unspecified atom stereocenters. The number of aryl methyl sites for hydroxylation is 2. The lowest BCUT2D eigenvalue weighted by atomic mass is 9.61. The van der Waals surface area contributed by atoms with E-state index < -0.39 is 22.7 Å². The predicted molar refractivity (Wildman–Crippen MR) is 146 cm³/mol. The van der Waals surface area contributed by atoms with Crippen LogP contribution in [0, 0.1) is 36.5 Å². The first-order valence-corrected chi connectivity index (χ1v) is 13.1. The van der Waals surface area contributed by atoms with Crippen molar-refractivity contribution in [2.45, 2.75) is 40.5 Å². The van der Waals surface area contributed by atoms with E-state index in [0.717, 1.165) is 39.8 Å². The number of ketones is 1. The van der Waals surface area contributed by atoms with Gasteiger partial charge in [0.1, 0.15) is 0 Å². The Bertz CT molecular complexity index is 1490. The summed E-state index contributed by atoms with van der Waals surface area (Å²) in [6.45, 7) is 7.86. The summed E-state index contributed by atoms with van der Waals surface area (Å²) in [4.78, 5) is 44.7. The van der Waals surface area contributed by atoms with Gasteiger partial charge in [0.2, 0.25) is 11.8 Å². The minimum Gasteiger partial charge on any atom is -0.298 e. The highest BCUT2D eigenvalue weighted by molar-refractivity contribution is 6.34. The number of amides is 2. The lowest BCUT2D eigenvalue weighted by Crippen LogP contribution is -2.41. The maximum absolute atomic E-state index is 14.7. The van der Waals surface area contributed by atoms with E-state index in [2.05, 4.69) is 6.92 Å². The van der Waals surface area contributed by atoms with Crippen molar-refractivity contribution in [2.75, 3.05) is 4.90 Å². The number of hydrogen-bond donors (Lipinski definition) is 0. The second-order valence-corrected chi connectivity index (χ2v) is 11.0. The Balaban J connectivity index is 1.66. The van der Waals surface area contributed by atoms with Gasteiger partial charge in [-0.25, -0.2) is 4.90 Å². The highest BCUT2D eigenvalue weighted by atomic mass is 16.2. The van der Waals surface area contributed by atoms with Crippen molar-refractivity contribution in [3.63, 3.8) is 0 Å². The predicted octanol–water partition coefficient (Wildman–Crippen LogP) is 6.41. The standard InChI is InChI=1S/C33H31NO3/c1-5-18-33-26(23-14-10-7-11-15-23)25(22-12-8-6-9-13-22)32(4,31(33)37)27-28(33)30(36)34(29(27)35)24-19-20(2)16-17-21(24)3/h6-17,19,27-28H,5,18H2,1-4H3/t27-,28-,32-,33+/m0/s1. The summed E-state index contributed by atoms with van der Waals surface area (Å²) >= 11 is 0. The third-order valence-electron chi connectivity index (χ3n) is 8.93. The van der Waals surface area contributed by atoms with Crippen LogP contribution in [0.1, 0.15) is 48.9 Å². The van der Waals surface area contributed by atoms with Crippen LogP contribution in [0.2, 0.25) is 0 Å². The molecule has 2 fully saturated rings. The third-order valence-corrected chi connectivity index (χ3v) is 8.93. The highest BCUT2D eigenvalue weighted by Gasteiger charge is 2.80. The molecule has 1 aliphatic heterocycles. The molecule has 4 atom stereocenters. The van der Waals surface area contributed by atoms with Crippen LogP contribution < -0.4 is 4.90 Å². The minimum atomic E-state index is -1.09. The summed E-state index contributed by atoms with van der Waals surface area (Å²) in [5.41, 5.74) is 4.09. The van der Waals surface area contributed by atoms with Gasteiger partial charge < -0.3 is 0 Å². The lowest BCUT2D eigenvalue weighted by molar-refractivity contribution is -0.134. The fourth-order valence-corrected chi connectivity index (χ4v) is 7.56. The molecule has 186 valence electrons. The molecule has 4 heteroatoms. The number of hydrogen-bond acceptors (Lipinski definition) is 3. The molecule has 3 aromatic carbocycles. The number of allylic oxidation sites excluding steroid dienone is 2. The van der Waals surface area contributed by atoms with Gasteiger partial charge in [0, 0.05) is 0 Å². The Morgan fingerprint density at radius 2 is 1.32 bits per heavy atom. The Hall–Kier alpha value is -3.79. The highest BCUT2D eigenvalue weighted by Crippen LogP contribution is 2.75. The number of rotatable bonds is 5. The number of Topliss-reactive ketones (excluding diaryl/α,β-unsaturated/α-hetero) is 1. The first-order chi connectivity index (χ1) is 17.8. The Morgan fingerprint density at radius 3 is 1.92 bits per heavy atom. The molecule has 1 saturated carbocycles. The van der Waals surface area contributed by atoms with Crippen molar-refractivity contribution < 1.29 is 14.4 Å². The maximum Gasteiger partial charge on any atom is 0.239 e. The summed E-state index contributed by atoms with van der Waals surface area (Å²) in [5, 5.41) is 0. The molecule has 0 N–H and O–H groups in total. The molecule has 2 amide bonds. The zero-order valence-corrected chi connectivity index (χ0v) is 21.7. The van der Waals surface area contributed by atoms with E-state index in [1.807, 2.05) is 99.6 Å². The van der Waals surface area contributed by atoms with Crippen LogP contribution in [0.15, 0.2) is 78.9 Å². The third kappa shape index (κ3) is 2.87. The number of fused-ring (bicyclic) bond motifs is 5. The number of carbonyl (C=O) groups is 3. The molecule has 2 aliphatic carbocycles. The van der Waals surface area contributed by atoms with Crippen molar-refractivity contribution in [3.05, 3.63) is 101 Å². The number of nitrogens with zero attached hydrogens (tertiary/aromatic N) is 1. The smallest absolute Gasteiger partial charge is 0.239 e. The summed E-state index contributed by atoms with van der Waals surface area (Å²) < 4.78 is 0. The quantitative estimate of drug-likeness (QED) is 0.389. The van der Waals surface area contributed by atoms with Crippen molar-refractivity contribution in [2.24, 2.45) is 22.7 Å². The fourth-order valence-electron chi connectivity index (χ4n) is 7.56. The first-order valence-electron chi connectivity index (χ1n) is 13.1. The molecule has 1 saturated heterocycles. The van der Waals surface area contributed by atoms with Crippen LogP contribution in [0.4, 0.5) is 5.69 Å². The van der Waals surface area contributed by atoms with E-state index in [9.17, 15) is 14.4 Å². The topological polar surface area (TPSA) is 54.5 Å². The molecule has 0 aromatic heterocycles. The zero-order chi connectivity index (χ0) is 26.1. The molecule has 0 radical (unpaired) electrons. The summed E-state index contributed by atoms with van der Waals surface area (Å²) in [6, 6.07) is 25.8. The molecule has 6 rings (SSSR count). The summed E-state index contributed by atoms with van der Waals surface area (Å²) in [5.74, 6) is -1.90. The van der Waals surface area contributed by atoms with Gasteiger partial charge in [-0.05, 0) is 66.7 Å². The Labute approximate surface area is 218 Å². The van der Waals surface area contributed by atoms with Crippen molar-refractivity contribution >= 4 is 34.4 Å². The molecular formula is C33H31NO3. The molecule has 1 heterocycles. The van der Waals surface area contributed by atoms with Crippen LogP contribution in [0.25, 0.3) is 11.1 Å². The van der Waals surface area contributed by atoms with E-state index >= 15 is 0 Å². The van der Waals surface area contributed by atoms with E-state index in [1.54, 1.807) is 0 Å². The van der Waals surface area contributed by atoms with Crippen molar-refractivity contribution in [1.29, 1.82) is 0 Å². The SMILES string of the molecule is CCC[C@@]12C(=O)[C@@](C)(C(c3ccccc3)=C1c1ccccc1)[C@@H]1C(=O)N(c3cc(C)ccc3C)C(=O)[C@H]12. The number of benzene rings is 3. The molecule has 3 aliphatic rings. The van der Waals surface area contributed by atoms with Gasteiger partial charge in [-0.2, -0.15) is 0 Å². The van der Waals surface area contributed by atoms with Gasteiger partial charge in [0.05, 0.1) is 28.4 Å². The number of anilines is 1. The van der Waals surface area contributed by atoms with E-state index in [4.69, 9.17) is 0 Å². The zero-order valence-electron chi connectivity index (χ0n) is 21.7. The van der Waals surface area contributed by atoms with Gasteiger partial charge in [0.15, 0.2) is 5.78 Å². The van der Waals surface area contributed by atoms with E-state index in [-0.39, 0.29) is 17.6 Å². The van der Waals surface area contributed by atoms with Gasteiger partial charge in [-0.3, -0.25) is 14.4 Å². The van der Waals surface area contributed by atoms with Crippen molar-refractivity contribution in [1.82, 2.24) is 0 Å². The van der Waals surface area contributed by atoms with Crippen molar-refractivity contribution in [3.8, 4) is 0 Å². The second kappa shape index (κ2) is 8.11. The van der Waals surface area contributed by atoms with E-state index in [0.29, 0.717) is 12.1 Å². The number of carbonyl (C=O) groups excluding carboxylic acids is 3. The largest absolute Gasteiger partial charge is 0.298 e. The monoisotopic (exact) mass is 489 g/mol. The molecule has 37 heavy (non-hydrogen) atoms. The maximum atomic E-state index is 14.7. The summed E-state index contributed by atoms with van der Waals surface area (Å²) in [7, 11) is 0. The molecular weight excluding hydrogens is 458 g/mol. The van der Waals surface area contributed by atoms with Crippen LogP contribution in [0.3, 0.4) is 0 Å². The summed E-state index contributed by atoms with van der Waals surface area (Å²) in [6.07, 6.45) is 1.26. The van der Waals surface area contributed by atoms with Crippen LogP contribution in [-0.4, -0.2) is 17.6 Å². The van der Waals surface area contributed by atoms with Gasteiger partial charge in [-0.15, -0.1) is 0 Å². The normalized spacial score (nSPS) is 28.4. The first kappa shape index (κ1) is 23.6. The fraction of sp³-hybridized carbons (Fsp3) is 0.303. The average molecular weight is 490 g/mol. The molecule has 3 aromatic rings. The average Bonchev–Trinajstić information content (AvgIpc) is 3.36. The lowest BCUT2D eigenvalue weighted by Gasteiger charge is -2.37. The minimum absolute atomic E-state index is 0.0249. The van der Waals surface area contributed by atoms with Gasteiger partial charge in [-0.1, -0.05) is 86.1 Å². The Kier molecular flexibility index (Phi) is 5.17. The van der Waals surface area contributed by atoms with Crippen LogP contribution in [0.5, 0.6) is 0 Å². The Morgan fingerprint density at radius 1 is 0.757 bits per heavy atom. The van der Waals surface area contributed by atoms with E-state index in [1.165, 1.54) is 4.90 Å². The van der Waals surface area contributed by atoms with Crippen LogP contribution in [-0.2, 0) is 14.4 Å². The second-order valence-electron chi connectivity index (χ2n) is 11.0. The number of imide groups is 1. The van der Waals surface area contributed by atoms with Gasteiger partial charge >= 0.3 is 0 Å². The van der Waals surface area contributed by atoms with Gasteiger partial charge in [0.25, 0.3) is 0 Å². The molecule has 2 bridgehead atoms. The van der Waals surface area contributed by atoms with Crippen LogP contribution >= 0.6 is 0 Å². The molecule has 4 nitrogen and oxygen atoms in total.